The van der Waals surface area contributed by atoms with Gasteiger partial charge in [-0.1, -0.05) is 33.1 Å². The number of nitrogens with one attached hydrogen (secondary N) is 2. The maximum absolute atomic E-state index is 11.4. The summed E-state index contributed by atoms with van der Waals surface area (Å²) < 4.78 is 9.42. The molecule has 32 heavy (non-hydrogen) atoms. The zero-order chi connectivity index (χ0) is 25.0. The van der Waals surface area contributed by atoms with Crippen molar-refractivity contribution in [3.63, 3.8) is 0 Å². The van der Waals surface area contributed by atoms with E-state index in [0.717, 1.165) is 25.9 Å². The molecule has 0 aromatic rings. The highest BCUT2D eigenvalue weighted by molar-refractivity contribution is 5.78. The van der Waals surface area contributed by atoms with Gasteiger partial charge < -0.3 is 48.8 Å². The van der Waals surface area contributed by atoms with Crippen LogP contribution in [0.3, 0.4) is 0 Å². The molecule has 1 atom stereocenters. The Bertz CT molecular complexity index is 433. The van der Waals surface area contributed by atoms with Crippen LogP contribution in [0.15, 0.2) is 0 Å². The minimum atomic E-state index is -0.917. The Balaban J connectivity index is -0.000000695. The number of alkyl carbamates (subject to hydrolysis) is 1. The fourth-order valence-corrected chi connectivity index (χ4v) is 1.96. The molecule has 0 saturated heterocycles. The van der Waals surface area contributed by atoms with Gasteiger partial charge in [-0.25, -0.2) is 9.59 Å². The molecule has 0 heterocycles. The lowest BCUT2D eigenvalue weighted by atomic mass is 10.1. The van der Waals surface area contributed by atoms with Crippen molar-refractivity contribution in [3.8, 4) is 0 Å². The Morgan fingerprint density at radius 1 is 0.844 bits per heavy atom. The van der Waals surface area contributed by atoms with Gasteiger partial charge >= 0.3 is 12.2 Å². The van der Waals surface area contributed by atoms with Gasteiger partial charge in [0.25, 0.3) is 0 Å². The zero-order valence-corrected chi connectivity index (χ0v) is 19.9. The molecule has 0 spiro atoms. The van der Waals surface area contributed by atoms with E-state index in [1.165, 1.54) is 25.7 Å². The van der Waals surface area contributed by atoms with Gasteiger partial charge in [0.15, 0.2) is 0 Å². The van der Waals surface area contributed by atoms with Crippen molar-refractivity contribution in [1.82, 2.24) is 10.6 Å². The average molecular weight is 466 g/mol. The summed E-state index contributed by atoms with van der Waals surface area (Å²) in [6.45, 7) is 6.41. The highest BCUT2D eigenvalue weighted by atomic mass is 16.6. The number of nitrogens with two attached hydrogens (primary N) is 5. The van der Waals surface area contributed by atoms with Gasteiger partial charge in [-0.05, 0) is 45.3 Å². The van der Waals surface area contributed by atoms with Gasteiger partial charge in [-0.15, -0.1) is 0 Å². The second-order valence-corrected chi connectivity index (χ2v) is 6.73. The highest BCUT2D eigenvalue weighted by Crippen LogP contribution is 2.01. The third-order valence-corrected chi connectivity index (χ3v) is 3.70. The number of hydrogen-bond acceptors (Lipinski definition) is 9. The Kier molecular flexibility index (Phi) is 31.1. The van der Waals surface area contributed by atoms with Crippen LogP contribution in [0.1, 0.15) is 58.8 Å². The van der Waals surface area contributed by atoms with E-state index in [-0.39, 0.29) is 38.3 Å². The summed E-state index contributed by atoms with van der Waals surface area (Å²) >= 11 is 0. The Morgan fingerprint density at radius 3 is 1.81 bits per heavy atom. The number of unbranched alkanes of at least 4 members (excludes halogenated alkanes) is 3. The topological polar surface area (TPSA) is 224 Å². The van der Waals surface area contributed by atoms with E-state index in [9.17, 15) is 14.4 Å². The number of primary amides is 1. The summed E-state index contributed by atoms with van der Waals surface area (Å²) in [6, 6.07) is -0.324. The van der Waals surface area contributed by atoms with Crippen molar-refractivity contribution >= 4 is 18.1 Å². The van der Waals surface area contributed by atoms with Gasteiger partial charge in [-0.3, -0.25) is 4.79 Å². The SMILES string of the molecule is CCCCN.CCCCN.NCCCCC(COC(=O)NCCOC(N)=O)NC(=O)CN. The first kappa shape index (κ1) is 34.5. The first-order valence-electron chi connectivity index (χ1n) is 11.2. The lowest BCUT2D eigenvalue weighted by Crippen LogP contribution is -2.42. The fraction of sp³-hybridized carbons (Fsp3) is 0.850. The quantitative estimate of drug-likeness (QED) is 0.160. The molecule has 0 rings (SSSR count). The highest BCUT2D eigenvalue weighted by Gasteiger charge is 2.14. The Morgan fingerprint density at radius 2 is 1.41 bits per heavy atom. The summed E-state index contributed by atoms with van der Waals surface area (Å²) in [7, 11) is 0. The Hall–Kier alpha value is -2.15. The van der Waals surface area contributed by atoms with Crippen molar-refractivity contribution in [2.75, 3.05) is 45.9 Å². The maximum Gasteiger partial charge on any atom is 0.407 e. The minimum absolute atomic E-state index is 0.0127. The number of rotatable bonds is 15. The van der Waals surface area contributed by atoms with E-state index in [1.807, 2.05) is 0 Å². The van der Waals surface area contributed by atoms with Crippen LogP contribution in [0.4, 0.5) is 9.59 Å². The number of ether oxygens (including phenoxy) is 2. The molecular weight excluding hydrogens is 418 g/mol. The summed E-state index contributed by atoms with van der Waals surface area (Å²) in [5.74, 6) is -0.323. The standard InChI is InChI=1S/C12H25N5O5.2C4H11N/c13-4-2-1-3-9(17-10(18)7-14)8-22-12(20)16-5-6-21-11(15)19;2*1-2-3-4-5/h9H,1-8,13-14H2,(H2,15,19)(H,16,20)(H,17,18);2*2-5H2,1H3. The van der Waals surface area contributed by atoms with Crippen molar-refractivity contribution in [3.05, 3.63) is 0 Å². The lowest BCUT2D eigenvalue weighted by molar-refractivity contribution is -0.120. The monoisotopic (exact) mass is 465 g/mol. The minimum Gasteiger partial charge on any atom is -0.448 e. The molecule has 3 amide bonds. The molecule has 0 aromatic heterocycles. The molecule has 0 aromatic carbocycles. The first-order valence-corrected chi connectivity index (χ1v) is 11.2. The second kappa shape index (κ2) is 28.9. The predicted molar refractivity (Wildman–Crippen MR) is 127 cm³/mol. The molecule has 12 N–H and O–H groups in total. The first-order chi connectivity index (χ1) is 15.3. The summed E-state index contributed by atoms with van der Waals surface area (Å²) in [6.07, 6.45) is 5.40. The molecule has 12 nitrogen and oxygen atoms in total. The van der Waals surface area contributed by atoms with E-state index in [2.05, 4.69) is 29.2 Å². The maximum atomic E-state index is 11.4. The molecule has 0 aliphatic rings. The van der Waals surface area contributed by atoms with Crippen LogP contribution in [-0.2, 0) is 14.3 Å². The molecular formula is C20H47N7O5. The van der Waals surface area contributed by atoms with Gasteiger partial charge in [0.2, 0.25) is 5.91 Å². The number of carbonyl (C=O) groups excluding carboxylic acids is 3. The molecule has 0 bridgehead atoms. The smallest absolute Gasteiger partial charge is 0.407 e. The molecule has 192 valence electrons. The lowest BCUT2D eigenvalue weighted by Gasteiger charge is -2.18. The van der Waals surface area contributed by atoms with Crippen LogP contribution < -0.4 is 39.3 Å². The van der Waals surface area contributed by atoms with E-state index >= 15 is 0 Å². The van der Waals surface area contributed by atoms with Crippen LogP contribution >= 0.6 is 0 Å². The fourth-order valence-electron chi connectivity index (χ4n) is 1.96. The number of amides is 3. The summed E-state index contributed by atoms with van der Waals surface area (Å²) in [4.78, 5) is 33.0. The van der Waals surface area contributed by atoms with Gasteiger partial charge in [-0.2, -0.15) is 0 Å². The molecule has 0 aliphatic carbocycles. The largest absolute Gasteiger partial charge is 0.448 e. The van der Waals surface area contributed by atoms with E-state index in [4.69, 9.17) is 33.4 Å². The van der Waals surface area contributed by atoms with Gasteiger partial charge in [0.05, 0.1) is 19.1 Å². The Labute approximate surface area is 192 Å². The van der Waals surface area contributed by atoms with Gasteiger partial charge in [0, 0.05) is 0 Å². The molecule has 0 radical (unpaired) electrons. The van der Waals surface area contributed by atoms with Crippen molar-refractivity contribution < 1.29 is 23.9 Å². The second-order valence-electron chi connectivity index (χ2n) is 6.73. The molecule has 0 saturated carbocycles. The molecule has 0 fully saturated rings. The number of carbonyl (C=O) groups is 3. The zero-order valence-electron chi connectivity index (χ0n) is 19.9. The van der Waals surface area contributed by atoms with Gasteiger partial charge in [0.1, 0.15) is 13.2 Å². The third kappa shape index (κ3) is 32.5. The average Bonchev–Trinajstić information content (AvgIpc) is 2.76. The van der Waals surface area contributed by atoms with E-state index in [1.54, 1.807) is 0 Å². The van der Waals surface area contributed by atoms with E-state index in [0.29, 0.717) is 13.0 Å². The van der Waals surface area contributed by atoms with Crippen LogP contribution in [0.5, 0.6) is 0 Å². The summed E-state index contributed by atoms with van der Waals surface area (Å²) in [5.41, 5.74) is 25.7. The van der Waals surface area contributed by atoms with Crippen LogP contribution in [-0.4, -0.2) is 70.1 Å². The predicted octanol–water partition coefficient (Wildman–Crippen LogP) is -0.129. The van der Waals surface area contributed by atoms with Crippen LogP contribution in [0, 0.1) is 0 Å². The molecule has 1 unspecified atom stereocenters. The van der Waals surface area contributed by atoms with Crippen molar-refractivity contribution in [1.29, 1.82) is 0 Å². The van der Waals surface area contributed by atoms with Crippen molar-refractivity contribution in [2.24, 2.45) is 28.7 Å². The third-order valence-electron chi connectivity index (χ3n) is 3.70. The molecule has 0 aliphatic heterocycles. The van der Waals surface area contributed by atoms with Crippen LogP contribution in [0.2, 0.25) is 0 Å². The number of hydrogen-bond donors (Lipinski definition) is 7. The summed E-state index contributed by atoms with van der Waals surface area (Å²) in [5, 5.41) is 5.04. The van der Waals surface area contributed by atoms with Crippen LogP contribution in [0.25, 0.3) is 0 Å². The normalized spacial score (nSPS) is 10.4. The van der Waals surface area contributed by atoms with E-state index < -0.39 is 12.2 Å². The molecule has 12 heteroatoms. The van der Waals surface area contributed by atoms with Crippen molar-refractivity contribution in [2.45, 2.75) is 64.8 Å².